The molecular weight excluding hydrogens is 435 g/mol. The molecule has 0 atom stereocenters. The number of carbonyl (C=O) groups excluding carboxylic acids is 1. The Morgan fingerprint density at radius 3 is 2.55 bits per heavy atom. The summed E-state index contributed by atoms with van der Waals surface area (Å²) in [6.45, 7) is 2.02. The van der Waals surface area contributed by atoms with Gasteiger partial charge in [0.1, 0.15) is 5.75 Å². The van der Waals surface area contributed by atoms with Gasteiger partial charge in [0.05, 0.1) is 5.41 Å². The Morgan fingerprint density at radius 1 is 1.00 bits per heavy atom. The highest BCUT2D eigenvalue weighted by atomic mass is 19.4. The number of carbonyl (C=O) groups is 1. The molecule has 33 heavy (non-hydrogen) atoms. The first-order chi connectivity index (χ1) is 15.7. The number of hydrogen-bond acceptors (Lipinski definition) is 4. The van der Waals surface area contributed by atoms with Gasteiger partial charge in [0.2, 0.25) is 12.7 Å². The van der Waals surface area contributed by atoms with Gasteiger partial charge in [-0.1, -0.05) is 24.3 Å². The van der Waals surface area contributed by atoms with Crippen LogP contribution >= 0.6 is 0 Å². The molecule has 1 N–H and O–H groups in total. The van der Waals surface area contributed by atoms with Crippen LogP contribution in [0.1, 0.15) is 24.0 Å². The molecule has 0 aromatic heterocycles. The predicted molar refractivity (Wildman–Crippen MR) is 115 cm³/mol. The van der Waals surface area contributed by atoms with Gasteiger partial charge in [-0.25, -0.2) is 0 Å². The van der Waals surface area contributed by atoms with Gasteiger partial charge in [-0.05, 0) is 78.4 Å². The van der Waals surface area contributed by atoms with Crippen molar-refractivity contribution in [3.8, 4) is 28.4 Å². The van der Waals surface area contributed by atoms with Crippen molar-refractivity contribution in [2.24, 2.45) is 0 Å². The Bertz CT molecular complexity index is 1230. The summed E-state index contributed by atoms with van der Waals surface area (Å²) in [6, 6.07) is 16.7. The van der Waals surface area contributed by atoms with Gasteiger partial charge >= 0.3 is 6.36 Å². The maximum absolute atomic E-state index is 13.2. The average Bonchev–Trinajstić information content (AvgIpc) is 3.45. The van der Waals surface area contributed by atoms with Crippen LogP contribution in [0.4, 0.5) is 18.9 Å². The molecule has 3 aromatic rings. The molecule has 2 aliphatic rings. The number of benzene rings is 3. The molecule has 0 bridgehead atoms. The lowest BCUT2D eigenvalue weighted by Gasteiger charge is -2.17. The van der Waals surface area contributed by atoms with Gasteiger partial charge < -0.3 is 19.5 Å². The third-order valence-corrected chi connectivity index (χ3v) is 5.98. The third kappa shape index (κ3) is 4.20. The fourth-order valence-electron chi connectivity index (χ4n) is 4.09. The zero-order chi connectivity index (χ0) is 23.2. The average molecular weight is 455 g/mol. The Hall–Kier alpha value is -3.68. The van der Waals surface area contributed by atoms with E-state index in [9.17, 15) is 18.0 Å². The predicted octanol–water partition coefficient (Wildman–Crippen LogP) is 5.96. The van der Waals surface area contributed by atoms with E-state index in [1.807, 2.05) is 31.2 Å². The van der Waals surface area contributed by atoms with E-state index >= 15 is 0 Å². The molecule has 8 heteroatoms. The number of halogens is 3. The zero-order valence-corrected chi connectivity index (χ0v) is 17.7. The number of nitrogens with one attached hydrogen (secondary N) is 1. The summed E-state index contributed by atoms with van der Waals surface area (Å²) < 4.78 is 52.7. The van der Waals surface area contributed by atoms with Gasteiger partial charge in [-0.15, -0.1) is 13.2 Å². The van der Waals surface area contributed by atoms with Gasteiger partial charge in [-0.3, -0.25) is 4.79 Å². The normalized spacial score (nSPS) is 15.8. The maximum atomic E-state index is 13.2. The summed E-state index contributed by atoms with van der Waals surface area (Å²) in [4.78, 5) is 13.2. The van der Waals surface area contributed by atoms with Crippen molar-refractivity contribution < 1.29 is 32.2 Å². The third-order valence-electron chi connectivity index (χ3n) is 5.98. The Morgan fingerprint density at radius 2 is 1.79 bits per heavy atom. The van der Waals surface area contributed by atoms with E-state index in [1.165, 1.54) is 18.2 Å². The highest BCUT2D eigenvalue weighted by Gasteiger charge is 2.51. The molecule has 0 spiro atoms. The van der Waals surface area contributed by atoms with Crippen LogP contribution in [-0.4, -0.2) is 19.1 Å². The Balaban J connectivity index is 1.39. The summed E-state index contributed by atoms with van der Waals surface area (Å²) in [5.74, 6) is 0.860. The minimum Gasteiger partial charge on any atom is -0.454 e. The second kappa shape index (κ2) is 7.72. The Kier molecular flexibility index (Phi) is 4.96. The molecule has 1 saturated carbocycles. The molecule has 1 fully saturated rings. The number of ether oxygens (including phenoxy) is 3. The number of aryl methyl sites for hydroxylation is 1. The van der Waals surface area contributed by atoms with Crippen molar-refractivity contribution in [3.05, 3.63) is 71.8 Å². The van der Waals surface area contributed by atoms with Gasteiger partial charge in [0.25, 0.3) is 0 Å². The lowest BCUT2D eigenvalue weighted by Crippen LogP contribution is -2.27. The maximum Gasteiger partial charge on any atom is 0.573 e. The molecule has 5 nitrogen and oxygen atoms in total. The first-order valence-corrected chi connectivity index (χ1v) is 10.4. The summed E-state index contributed by atoms with van der Waals surface area (Å²) >= 11 is 0. The smallest absolute Gasteiger partial charge is 0.454 e. The fraction of sp³-hybridized carbons (Fsp3) is 0.240. The van der Waals surface area contributed by atoms with E-state index in [-0.39, 0.29) is 18.4 Å². The van der Waals surface area contributed by atoms with Crippen molar-refractivity contribution in [2.45, 2.75) is 31.5 Å². The van der Waals surface area contributed by atoms with E-state index in [4.69, 9.17) is 9.47 Å². The number of hydrogen-bond donors (Lipinski definition) is 1. The Labute approximate surface area is 188 Å². The van der Waals surface area contributed by atoms with Gasteiger partial charge in [0.15, 0.2) is 11.5 Å². The van der Waals surface area contributed by atoms with Crippen LogP contribution in [0.3, 0.4) is 0 Å². The monoisotopic (exact) mass is 455 g/mol. The van der Waals surface area contributed by atoms with Crippen LogP contribution in [0, 0.1) is 6.92 Å². The summed E-state index contributed by atoms with van der Waals surface area (Å²) in [5, 5.41) is 2.98. The van der Waals surface area contributed by atoms with Crippen molar-refractivity contribution in [2.75, 3.05) is 12.1 Å². The number of anilines is 1. The van der Waals surface area contributed by atoms with Crippen LogP contribution in [0.15, 0.2) is 60.7 Å². The van der Waals surface area contributed by atoms with Crippen LogP contribution < -0.4 is 19.5 Å². The molecular formula is C25H20F3NO4. The minimum atomic E-state index is -4.77. The van der Waals surface area contributed by atoms with Crippen LogP contribution in [0.5, 0.6) is 17.2 Å². The lowest BCUT2D eigenvalue weighted by molar-refractivity contribution is -0.274. The first kappa shape index (κ1) is 21.2. The highest BCUT2D eigenvalue weighted by Crippen LogP contribution is 2.51. The minimum absolute atomic E-state index is 0.134. The SMILES string of the molecule is Cc1ccc(NC(=O)C2(c3ccc4c(c3)OCO4)CC2)cc1-c1cccc(OC(F)(F)F)c1. The second-order valence-corrected chi connectivity index (χ2v) is 8.21. The van der Waals surface area contributed by atoms with Crippen molar-refractivity contribution in [1.82, 2.24) is 0 Å². The van der Waals surface area contributed by atoms with Crippen molar-refractivity contribution in [1.29, 1.82) is 0 Å². The molecule has 5 rings (SSSR count). The quantitative estimate of drug-likeness (QED) is 0.516. The molecule has 0 radical (unpaired) electrons. The number of alkyl halides is 3. The first-order valence-electron chi connectivity index (χ1n) is 10.4. The van der Waals surface area contributed by atoms with E-state index in [1.54, 1.807) is 18.2 Å². The molecule has 170 valence electrons. The van der Waals surface area contributed by atoms with Crippen molar-refractivity contribution in [3.63, 3.8) is 0 Å². The molecule has 1 aliphatic heterocycles. The number of fused-ring (bicyclic) bond motifs is 1. The van der Waals surface area contributed by atoms with E-state index in [0.717, 1.165) is 11.1 Å². The molecule has 3 aromatic carbocycles. The standard InChI is InChI=1S/C25H20F3NO4/c1-15-5-7-18(13-20(15)16-3-2-4-19(11-16)33-25(26,27)28)29-23(30)24(9-10-24)17-6-8-21-22(12-17)32-14-31-21/h2-8,11-13H,9-10,14H2,1H3,(H,29,30). The van der Waals surface area contributed by atoms with Gasteiger partial charge in [-0.2, -0.15) is 0 Å². The molecule has 0 unspecified atom stereocenters. The zero-order valence-electron chi connectivity index (χ0n) is 17.7. The van der Waals surface area contributed by atoms with Crippen molar-refractivity contribution >= 4 is 11.6 Å². The summed E-state index contributed by atoms with van der Waals surface area (Å²) in [7, 11) is 0. The summed E-state index contributed by atoms with van der Waals surface area (Å²) in [6.07, 6.45) is -3.33. The van der Waals surface area contributed by atoms with Crippen LogP contribution in [0.25, 0.3) is 11.1 Å². The topological polar surface area (TPSA) is 56.8 Å². The largest absolute Gasteiger partial charge is 0.573 e. The summed E-state index contributed by atoms with van der Waals surface area (Å²) in [5.41, 5.74) is 2.92. The molecule has 1 heterocycles. The highest BCUT2D eigenvalue weighted by molar-refractivity contribution is 6.02. The van der Waals surface area contributed by atoms with E-state index in [0.29, 0.717) is 41.2 Å². The lowest BCUT2D eigenvalue weighted by atomic mass is 9.94. The molecule has 1 aliphatic carbocycles. The molecule has 0 saturated heterocycles. The fourth-order valence-corrected chi connectivity index (χ4v) is 4.09. The van der Waals surface area contributed by atoms with Gasteiger partial charge in [0, 0.05) is 5.69 Å². The number of rotatable bonds is 5. The van der Waals surface area contributed by atoms with E-state index < -0.39 is 11.8 Å². The molecule has 1 amide bonds. The van der Waals surface area contributed by atoms with Crippen LogP contribution in [-0.2, 0) is 10.2 Å². The van der Waals surface area contributed by atoms with Crippen LogP contribution in [0.2, 0.25) is 0 Å². The second-order valence-electron chi connectivity index (χ2n) is 8.21. The number of amides is 1. The van der Waals surface area contributed by atoms with E-state index in [2.05, 4.69) is 10.1 Å².